The van der Waals surface area contributed by atoms with Gasteiger partial charge in [-0.05, 0) is 69.1 Å². The molecule has 19 heavy (non-hydrogen) atoms. The molecule has 1 aliphatic heterocycles. The van der Waals surface area contributed by atoms with Crippen LogP contribution >= 0.6 is 0 Å². The highest BCUT2D eigenvalue weighted by Gasteiger charge is 2.37. The van der Waals surface area contributed by atoms with Crippen LogP contribution < -0.4 is 0 Å². The van der Waals surface area contributed by atoms with Crippen molar-refractivity contribution >= 4 is 0 Å². The normalized spacial score (nSPS) is 28.5. The van der Waals surface area contributed by atoms with Crippen molar-refractivity contribution in [3.8, 4) is 0 Å². The lowest BCUT2D eigenvalue weighted by Crippen LogP contribution is -2.30. The Morgan fingerprint density at radius 2 is 1.79 bits per heavy atom. The van der Waals surface area contributed by atoms with E-state index >= 15 is 0 Å². The summed E-state index contributed by atoms with van der Waals surface area (Å²) in [6, 6.07) is 11.1. The predicted molar refractivity (Wildman–Crippen MR) is 81.4 cm³/mol. The van der Waals surface area contributed by atoms with Gasteiger partial charge in [-0.25, -0.2) is 0 Å². The van der Waals surface area contributed by atoms with Gasteiger partial charge in [-0.2, -0.15) is 0 Å². The van der Waals surface area contributed by atoms with Crippen molar-refractivity contribution in [2.75, 3.05) is 20.1 Å². The fourth-order valence-electron chi connectivity index (χ4n) is 3.69. The maximum Gasteiger partial charge on any atom is -0.00191 e. The maximum atomic E-state index is 2.48. The highest BCUT2D eigenvalue weighted by Crippen LogP contribution is 2.50. The SMILES string of the molecule is CN1CCC(CCC[C@@H]2C[C@H]2c2ccccc2)CC1. The Morgan fingerprint density at radius 3 is 2.53 bits per heavy atom. The van der Waals surface area contributed by atoms with E-state index in [0.29, 0.717) is 0 Å². The molecule has 1 heterocycles. The lowest BCUT2D eigenvalue weighted by molar-refractivity contribution is 0.209. The largest absolute Gasteiger partial charge is 0.306 e. The number of hydrogen-bond acceptors (Lipinski definition) is 1. The summed E-state index contributed by atoms with van der Waals surface area (Å²) in [6.07, 6.45) is 8.71. The Hall–Kier alpha value is -0.820. The molecule has 0 N–H and O–H groups in total. The number of rotatable bonds is 5. The molecule has 0 bridgehead atoms. The first-order valence-electron chi connectivity index (χ1n) is 8.06. The van der Waals surface area contributed by atoms with Crippen LogP contribution in [0.1, 0.15) is 50.0 Å². The minimum absolute atomic E-state index is 0.888. The summed E-state index contributed by atoms with van der Waals surface area (Å²) in [6.45, 7) is 2.64. The van der Waals surface area contributed by atoms with E-state index in [1.807, 2.05) is 0 Å². The first-order chi connectivity index (χ1) is 9.33. The predicted octanol–water partition coefficient (Wildman–Crippen LogP) is 4.30. The Morgan fingerprint density at radius 1 is 1.05 bits per heavy atom. The van der Waals surface area contributed by atoms with E-state index in [1.165, 1.54) is 51.6 Å². The Balaban J connectivity index is 1.34. The molecule has 1 saturated heterocycles. The van der Waals surface area contributed by atoms with E-state index in [9.17, 15) is 0 Å². The molecule has 2 atom stereocenters. The van der Waals surface area contributed by atoms with Crippen LogP contribution in [0.15, 0.2) is 30.3 Å². The van der Waals surface area contributed by atoms with E-state index in [4.69, 9.17) is 0 Å². The van der Waals surface area contributed by atoms with E-state index in [0.717, 1.165) is 17.8 Å². The molecule has 3 rings (SSSR count). The monoisotopic (exact) mass is 257 g/mol. The molecule has 104 valence electrons. The second-order valence-corrected chi connectivity index (χ2v) is 6.69. The summed E-state index contributed by atoms with van der Waals surface area (Å²) >= 11 is 0. The van der Waals surface area contributed by atoms with Crippen molar-refractivity contribution in [3.05, 3.63) is 35.9 Å². The van der Waals surface area contributed by atoms with Gasteiger partial charge < -0.3 is 4.90 Å². The van der Waals surface area contributed by atoms with Gasteiger partial charge in [0.15, 0.2) is 0 Å². The van der Waals surface area contributed by atoms with Crippen molar-refractivity contribution < 1.29 is 0 Å². The number of likely N-dealkylation sites (tertiary alicyclic amines) is 1. The fourth-order valence-corrected chi connectivity index (χ4v) is 3.69. The molecule has 1 nitrogen and oxygen atoms in total. The third kappa shape index (κ3) is 3.60. The smallest absolute Gasteiger partial charge is 0.00191 e. The summed E-state index contributed by atoms with van der Waals surface area (Å²) in [5, 5.41) is 0. The zero-order valence-electron chi connectivity index (χ0n) is 12.2. The lowest BCUT2D eigenvalue weighted by Gasteiger charge is -2.28. The maximum absolute atomic E-state index is 2.48. The third-order valence-corrected chi connectivity index (χ3v) is 5.18. The minimum atomic E-state index is 0.888. The van der Waals surface area contributed by atoms with Crippen molar-refractivity contribution in [2.45, 2.75) is 44.4 Å². The molecule has 1 aliphatic carbocycles. The van der Waals surface area contributed by atoms with Gasteiger partial charge in [0.2, 0.25) is 0 Å². The number of hydrogen-bond donors (Lipinski definition) is 0. The molecular formula is C18H27N. The first-order valence-corrected chi connectivity index (χ1v) is 8.06. The summed E-state index contributed by atoms with van der Waals surface area (Å²) in [7, 11) is 2.25. The molecule has 1 aromatic carbocycles. The number of piperidine rings is 1. The molecule has 0 unspecified atom stereocenters. The summed E-state index contributed by atoms with van der Waals surface area (Å²) < 4.78 is 0. The fraction of sp³-hybridized carbons (Fsp3) is 0.667. The van der Waals surface area contributed by atoms with Crippen molar-refractivity contribution in [1.82, 2.24) is 4.90 Å². The molecule has 1 saturated carbocycles. The van der Waals surface area contributed by atoms with Gasteiger partial charge in [0.1, 0.15) is 0 Å². The molecular weight excluding hydrogens is 230 g/mol. The van der Waals surface area contributed by atoms with Gasteiger partial charge in [0.05, 0.1) is 0 Å². The van der Waals surface area contributed by atoms with Crippen LogP contribution in [-0.4, -0.2) is 25.0 Å². The van der Waals surface area contributed by atoms with Crippen LogP contribution in [-0.2, 0) is 0 Å². The standard InChI is InChI=1S/C18H27N/c1-19-12-10-15(11-13-19)6-5-9-17-14-18(17)16-7-3-2-4-8-16/h2-4,7-8,15,17-18H,5-6,9-14H2,1H3/t17-,18+/m1/s1. The lowest BCUT2D eigenvalue weighted by atomic mass is 9.91. The van der Waals surface area contributed by atoms with Gasteiger partial charge in [-0.15, -0.1) is 0 Å². The molecule has 0 radical (unpaired) electrons. The number of nitrogens with zero attached hydrogens (tertiary/aromatic N) is 1. The van der Waals surface area contributed by atoms with E-state index in [2.05, 4.69) is 42.3 Å². The average Bonchev–Trinajstić information content (AvgIpc) is 3.22. The Kier molecular flexibility index (Phi) is 4.22. The number of benzene rings is 1. The van der Waals surface area contributed by atoms with Crippen molar-refractivity contribution in [1.29, 1.82) is 0 Å². The summed E-state index contributed by atoms with van der Waals surface area (Å²) in [4.78, 5) is 2.48. The van der Waals surface area contributed by atoms with Crippen molar-refractivity contribution in [3.63, 3.8) is 0 Å². The molecule has 1 heteroatoms. The Bertz CT molecular complexity index is 378. The van der Waals surface area contributed by atoms with Crippen molar-refractivity contribution in [2.24, 2.45) is 11.8 Å². The van der Waals surface area contributed by atoms with Crippen LogP contribution in [0.2, 0.25) is 0 Å². The third-order valence-electron chi connectivity index (χ3n) is 5.18. The summed E-state index contributed by atoms with van der Waals surface area (Å²) in [5.74, 6) is 2.90. The minimum Gasteiger partial charge on any atom is -0.306 e. The first kappa shape index (κ1) is 13.2. The van der Waals surface area contributed by atoms with Gasteiger partial charge in [-0.3, -0.25) is 0 Å². The van der Waals surface area contributed by atoms with E-state index < -0.39 is 0 Å². The van der Waals surface area contributed by atoms with Gasteiger partial charge in [0, 0.05) is 0 Å². The second kappa shape index (κ2) is 6.09. The molecule has 2 aliphatic rings. The zero-order valence-corrected chi connectivity index (χ0v) is 12.2. The van der Waals surface area contributed by atoms with E-state index in [-0.39, 0.29) is 0 Å². The molecule has 0 aromatic heterocycles. The van der Waals surface area contributed by atoms with Crippen LogP contribution in [0.3, 0.4) is 0 Å². The van der Waals surface area contributed by atoms with Crippen LogP contribution in [0.25, 0.3) is 0 Å². The molecule has 2 fully saturated rings. The van der Waals surface area contributed by atoms with Gasteiger partial charge in [0.25, 0.3) is 0 Å². The van der Waals surface area contributed by atoms with Crippen LogP contribution in [0.5, 0.6) is 0 Å². The molecule has 1 aromatic rings. The topological polar surface area (TPSA) is 3.24 Å². The quantitative estimate of drug-likeness (QED) is 0.760. The zero-order chi connectivity index (χ0) is 13.1. The highest BCUT2D eigenvalue weighted by atomic mass is 15.1. The van der Waals surface area contributed by atoms with Gasteiger partial charge >= 0.3 is 0 Å². The summed E-state index contributed by atoms with van der Waals surface area (Å²) in [5.41, 5.74) is 1.58. The molecule has 0 amide bonds. The molecule has 0 spiro atoms. The van der Waals surface area contributed by atoms with Crippen LogP contribution in [0.4, 0.5) is 0 Å². The highest BCUT2D eigenvalue weighted by molar-refractivity contribution is 5.25. The van der Waals surface area contributed by atoms with Crippen LogP contribution in [0, 0.1) is 11.8 Å². The second-order valence-electron chi connectivity index (χ2n) is 6.69. The average molecular weight is 257 g/mol. The van der Waals surface area contributed by atoms with E-state index in [1.54, 1.807) is 5.56 Å². The van der Waals surface area contributed by atoms with Gasteiger partial charge in [-0.1, -0.05) is 43.2 Å². The Labute approximate surface area is 118 Å².